The van der Waals surface area contributed by atoms with Gasteiger partial charge >= 0.3 is 0 Å². The van der Waals surface area contributed by atoms with E-state index in [1.165, 1.54) is 13.3 Å². The minimum absolute atomic E-state index is 0.231. The molecule has 0 fully saturated rings. The predicted molar refractivity (Wildman–Crippen MR) is 117 cm³/mol. The van der Waals surface area contributed by atoms with Gasteiger partial charge in [-0.25, -0.2) is 22.2 Å². The van der Waals surface area contributed by atoms with Crippen molar-refractivity contribution in [3.8, 4) is 11.8 Å². The first-order valence-electron chi connectivity index (χ1n) is 9.71. The Bertz CT molecular complexity index is 1320. The number of aromatic amines is 1. The van der Waals surface area contributed by atoms with E-state index >= 15 is 0 Å². The Hall–Kier alpha value is -3.29. The SMILES string of the molecule is CCCS(=O)(=O)Nc1ccc(F)c(C(=O)Cc2cnc3[nH]cc(C#CCOC)c3c2)c1F. The highest BCUT2D eigenvalue weighted by Crippen LogP contribution is 2.25. The number of ether oxygens (including phenoxy) is 1. The topological polar surface area (TPSA) is 101 Å². The van der Waals surface area contributed by atoms with E-state index in [0.717, 1.165) is 12.1 Å². The second kappa shape index (κ2) is 9.89. The number of halogens is 2. The molecule has 0 aliphatic heterocycles. The van der Waals surface area contributed by atoms with Crippen LogP contribution in [0.3, 0.4) is 0 Å². The van der Waals surface area contributed by atoms with Crippen LogP contribution in [0.15, 0.2) is 30.6 Å². The first-order chi connectivity index (χ1) is 15.3. The Labute approximate surface area is 184 Å². The highest BCUT2D eigenvalue weighted by atomic mass is 32.2. The smallest absolute Gasteiger partial charge is 0.232 e. The molecule has 168 valence electrons. The Balaban J connectivity index is 1.90. The van der Waals surface area contributed by atoms with Gasteiger partial charge in [-0.15, -0.1) is 0 Å². The zero-order valence-electron chi connectivity index (χ0n) is 17.5. The molecular weight excluding hydrogens is 440 g/mol. The van der Waals surface area contributed by atoms with Gasteiger partial charge in [0.2, 0.25) is 10.0 Å². The largest absolute Gasteiger partial charge is 0.372 e. The third-order valence-corrected chi connectivity index (χ3v) is 5.98. The highest BCUT2D eigenvalue weighted by molar-refractivity contribution is 7.92. The van der Waals surface area contributed by atoms with E-state index in [1.54, 1.807) is 19.2 Å². The average Bonchev–Trinajstić information content (AvgIpc) is 3.13. The van der Waals surface area contributed by atoms with E-state index in [-0.39, 0.29) is 18.8 Å². The fourth-order valence-corrected chi connectivity index (χ4v) is 4.23. The summed E-state index contributed by atoms with van der Waals surface area (Å²) in [7, 11) is -2.29. The van der Waals surface area contributed by atoms with Gasteiger partial charge < -0.3 is 9.72 Å². The number of nitrogens with zero attached hydrogens (tertiary/aromatic N) is 1. The molecule has 0 atom stereocenters. The summed E-state index contributed by atoms with van der Waals surface area (Å²) in [6.45, 7) is 1.90. The lowest BCUT2D eigenvalue weighted by Gasteiger charge is -2.11. The number of fused-ring (bicyclic) bond motifs is 1. The van der Waals surface area contributed by atoms with Crippen molar-refractivity contribution < 1.29 is 26.7 Å². The number of carbonyl (C=O) groups is 1. The molecule has 0 unspecified atom stereocenters. The van der Waals surface area contributed by atoms with Crippen LogP contribution >= 0.6 is 0 Å². The summed E-state index contributed by atoms with van der Waals surface area (Å²) in [5.74, 6) is 2.34. The number of carbonyl (C=O) groups excluding carboxylic acids is 1. The summed E-state index contributed by atoms with van der Waals surface area (Å²) in [5, 5.41) is 0.654. The van der Waals surface area contributed by atoms with Crippen molar-refractivity contribution in [1.29, 1.82) is 0 Å². The van der Waals surface area contributed by atoms with Gasteiger partial charge in [-0.3, -0.25) is 9.52 Å². The van der Waals surface area contributed by atoms with E-state index in [4.69, 9.17) is 4.74 Å². The second-order valence-corrected chi connectivity index (χ2v) is 8.82. The van der Waals surface area contributed by atoms with Crippen LogP contribution < -0.4 is 4.72 Å². The molecule has 0 saturated carbocycles. The molecule has 2 heterocycles. The molecule has 3 aromatic rings. The highest BCUT2D eigenvalue weighted by Gasteiger charge is 2.23. The number of benzene rings is 1. The number of H-pyrrole nitrogens is 1. The second-order valence-electron chi connectivity index (χ2n) is 6.98. The summed E-state index contributed by atoms with van der Waals surface area (Å²) in [6.07, 6.45) is 3.07. The fourth-order valence-electron chi connectivity index (χ4n) is 3.10. The quantitative estimate of drug-likeness (QED) is 0.396. The molecule has 3 rings (SSSR count). The van der Waals surface area contributed by atoms with Crippen LogP contribution in [0.1, 0.15) is 34.8 Å². The summed E-state index contributed by atoms with van der Waals surface area (Å²) in [6, 6.07) is 3.47. The van der Waals surface area contributed by atoms with E-state index in [9.17, 15) is 22.0 Å². The lowest BCUT2D eigenvalue weighted by atomic mass is 10.0. The van der Waals surface area contributed by atoms with Gasteiger partial charge in [-0.2, -0.15) is 0 Å². The molecule has 0 spiro atoms. The number of anilines is 1. The number of sulfonamides is 1. The third-order valence-electron chi connectivity index (χ3n) is 4.50. The van der Waals surface area contributed by atoms with Gasteiger partial charge in [0.25, 0.3) is 0 Å². The Morgan fingerprint density at radius 2 is 2.09 bits per heavy atom. The number of Topliss-reactive ketones (excluding diaryl/α,β-unsaturated/α-hetero) is 1. The average molecular weight is 461 g/mol. The monoisotopic (exact) mass is 461 g/mol. The van der Waals surface area contributed by atoms with Crippen LogP contribution in [-0.4, -0.2) is 43.6 Å². The number of nitrogens with one attached hydrogen (secondary N) is 2. The maximum absolute atomic E-state index is 14.9. The number of hydrogen-bond donors (Lipinski definition) is 2. The molecule has 2 aromatic heterocycles. The molecule has 0 saturated heterocycles. The van der Waals surface area contributed by atoms with Crippen molar-refractivity contribution in [2.75, 3.05) is 24.2 Å². The molecule has 0 radical (unpaired) electrons. The lowest BCUT2D eigenvalue weighted by Crippen LogP contribution is -2.19. The van der Waals surface area contributed by atoms with Crippen LogP contribution in [0.25, 0.3) is 11.0 Å². The van der Waals surface area contributed by atoms with Gasteiger partial charge in [0.15, 0.2) is 11.6 Å². The minimum atomic E-state index is -3.81. The molecule has 7 nitrogen and oxygen atoms in total. The zero-order chi connectivity index (χ0) is 23.3. The predicted octanol–water partition coefficient (Wildman–Crippen LogP) is 3.42. The van der Waals surface area contributed by atoms with Crippen LogP contribution in [0, 0.1) is 23.5 Å². The number of methoxy groups -OCH3 is 1. The number of pyridine rings is 1. The molecule has 32 heavy (non-hydrogen) atoms. The number of hydrogen-bond acceptors (Lipinski definition) is 5. The minimum Gasteiger partial charge on any atom is -0.372 e. The molecule has 1 aromatic carbocycles. The van der Waals surface area contributed by atoms with Crippen molar-refractivity contribution in [2.24, 2.45) is 0 Å². The molecule has 0 amide bonds. The first kappa shape index (κ1) is 23.4. The first-order valence-corrected chi connectivity index (χ1v) is 11.4. The van der Waals surface area contributed by atoms with Crippen LogP contribution in [0.5, 0.6) is 0 Å². The molecular formula is C22H21F2N3O4S. The molecule has 0 bridgehead atoms. The standard InChI is InChI=1S/C22H21F2N3O4S/c1-3-9-32(29,30)27-18-7-6-17(23)20(21(18)24)19(28)11-14-10-16-15(5-4-8-31-2)13-26-22(16)25-12-14/h6-7,10,12-13,27H,3,8-9,11H2,1-2H3,(H,25,26). The summed E-state index contributed by atoms with van der Waals surface area (Å²) in [5.41, 5.74) is 0.331. The van der Waals surface area contributed by atoms with E-state index < -0.39 is 38.7 Å². The molecule has 0 aliphatic rings. The number of aromatic nitrogens is 2. The van der Waals surface area contributed by atoms with E-state index in [1.807, 2.05) is 0 Å². The number of ketones is 1. The van der Waals surface area contributed by atoms with Crippen LogP contribution in [-0.2, 0) is 21.2 Å². The molecule has 0 aliphatic carbocycles. The Morgan fingerprint density at radius 1 is 1.31 bits per heavy atom. The van der Waals surface area contributed by atoms with Crippen molar-refractivity contribution in [3.05, 3.63) is 58.9 Å². The maximum Gasteiger partial charge on any atom is 0.232 e. The Kier molecular flexibility index (Phi) is 7.22. The van der Waals surface area contributed by atoms with Crippen molar-refractivity contribution in [2.45, 2.75) is 19.8 Å². The maximum atomic E-state index is 14.9. The van der Waals surface area contributed by atoms with E-state index in [2.05, 4.69) is 26.5 Å². The molecule has 2 N–H and O–H groups in total. The van der Waals surface area contributed by atoms with Crippen LogP contribution in [0.4, 0.5) is 14.5 Å². The van der Waals surface area contributed by atoms with Crippen molar-refractivity contribution in [1.82, 2.24) is 9.97 Å². The Morgan fingerprint density at radius 3 is 2.81 bits per heavy atom. The van der Waals surface area contributed by atoms with Crippen molar-refractivity contribution in [3.63, 3.8) is 0 Å². The van der Waals surface area contributed by atoms with Gasteiger partial charge in [-0.05, 0) is 30.2 Å². The summed E-state index contributed by atoms with van der Waals surface area (Å²) < 4.78 is 60.0. The van der Waals surface area contributed by atoms with Gasteiger partial charge in [0.05, 0.1) is 22.6 Å². The lowest BCUT2D eigenvalue weighted by molar-refractivity contribution is 0.0985. The van der Waals surface area contributed by atoms with Gasteiger partial charge in [-0.1, -0.05) is 18.8 Å². The molecule has 10 heteroatoms. The van der Waals surface area contributed by atoms with Crippen LogP contribution in [0.2, 0.25) is 0 Å². The number of rotatable bonds is 8. The summed E-state index contributed by atoms with van der Waals surface area (Å²) in [4.78, 5) is 19.9. The fraction of sp³-hybridized carbons (Fsp3) is 0.273. The summed E-state index contributed by atoms with van der Waals surface area (Å²) >= 11 is 0. The van der Waals surface area contributed by atoms with Gasteiger partial charge in [0.1, 0.15) is 18.1 Å². The zero-order valence-corrected chi connectivity index (χ0v) is 18.3. The third kappa shape index (κ3) is 5.30. The van der Waals surface area contributed by atoms with Gasteiger partial charge in [0, 0.05) is 31.3 Å². The van der Waals surface area contributed by atoms with Crippen molar-refractivity contribution >= 4 is 32.5 Å². The normalized spacial score (nSPS) is 11.2. The van der Waals surface area contributed by atoms with E-state index in [0.29, 0.717) is 28.6 Å².